The maximum absolute atomic E-state index is 3.63. The van der Waals surface area contributed by atoms with Gasteiger partial charge in [-0.1, -0.05) is 6.92 Å². The molecule has 1 N–H and O–H groups in total. The van der Waals surface area contributed by atoms with Crippen LogP contribution in [-0.2, 0) is 6.42 Å². The minimum atomic E-state index is 0.437. The van der Waals surface area contributed by atoms with Gasteiger partial charge < -0.3 is 5.32 Å². The van der Waals surface area contributed by atoms with Crippen LogP contribution >= 0.6 is 38.6 Å². The highest BCUT2D eigenvalue weighted by atomic mass is 79.9. The lowest BCUT2D eigenvalue weighted by Crippen LogP contribution is -2.23. The van der Waals surface area contributed by atoms with Gasteiger partial charge >= 0.3 is 0 Å². The minimum absolute atomic E-state index is 0.437. The maximum atomic E-state index is 3.63. The lowest BCUT2D eigenvalue weighted by molar-refractivity contribution is 0.531. The van der Waals surface area contributed by atoms with Gasteiger partial charge in [-0.2, -0.15) is 11.3 Å². The van der Waals surface area contributed by atoms with Crippen LogP contribution in [0.15, 0.2) is 32.1 Å². The lowest BCUT2D eigenvalue weighted by Gasteiger charge is -2.16. The van der Waals surface area contributed by atoms with Crippen molar-refractivity contribution in [2.45, 2.75) is 25.8 Å². The molecule has 0 aliphatic carbocycles. The first-order chi connectivity index (χ1) is 8.29. The summed E-state index contributed by atoms with van der Waals surface area (Å²) in [6.07, 6.45) is 2.25. The maximum Gasteiger partial charge on any atom is 0.0701 e. The van der Waals surface area contributed by atoms with Gasteiger partial charge in [-0.25, -0.2) is 0 Å². The molecule has 2 rings (SSSR count). The highest BCUT2D eigenvalue weighted by molar-refractivity contribution is 9.11. The molecular formula is C13H16BrNS2. The summed E-state index contributed by atoms with van der Waals surface area (Å²) in [5.74, 6) is 0. The Morgan fingerprint density at radius 3 is 2.88 bits per heavy atom. The van der Waals surface area contributed by atoms with E-state index in [4.69, 9.17) is 0 Å². The fourth-order valence-electron chi connectivity index (χ4n) is 1.78. The van der Waals surface area contributed by atoms with E-state index in [9.17, 15) is 0 Å². The fraction of sp³-hybridized carbons (Fsp3) is 0.385. The second-order valence-electron chi connectivity index (χ2n) is 4.03. The molecule has 0 saturated carbocycles. The van der Waals surface area contributed by atoms with E-state index in [0.29, 0.717) is 6.04 Å². The van der Waals surface area contributed by atoms with Gasteiger partial charge in [0.25, 0.3) is 0 Å². The molecule has 0 bridgehead atoms. The van der Waals surface area contributed by atoms with Gasteiger partial charge in [0.05, 0.1) is 3.79 Å². The molecule has 0 aliphatic rings. The monoisotopic (exact) mass is 329 g/mol. The van der Waals surface area contributed by atoms with Crippen molar-refractivity contribution < 1.29 is 0 Å². The summed E-state index contributed by atoms with van der Waals surface area (Å²) in [6.45, 7) is 3.28. The van der Waals surface area contributed by atoms with E-state index in [1.807, 2.05) is 0 Å². The molecule has 17 heavy (non-hydrogen) atoms. The Labute approximate surface area is 119 Å². The van der Waals surface area contributed by atoms with Crippen molar-refractivity contribution in [3.63, 3.8) is 0 Å². The molecule has 0 amide bonds. The number of rotatable bonds is 6. The van der Waals surface area contributed by atoms with Gasteiger partial charge in [-0.3, -0.25) is 0 Å². The van der Waals surface area contributed by atoms with E-state index in [1.54, 1.807) is 22.7 Å². The van der Waals surface area contributed by atoms with Crippen LogP contribution in [-0.4, -0.2) is 6.54 Å². The van der Waals surface area contributed by atoms with E-state index in [-0.39, 0.29) is 0 Å². The average molecular weight is 330 g/mol. The van der Waals surface area contributed by atoms with Gasteiger partial charge in [0.15, 0.2) is 0 Å². The van der Waals surface area contributed by atoms with Crippen molar-refractivity contribution in [2.24, 2.45) is 0 Å². The molecule has 1 nitrogen and oxygen atoms in total. The van der Waals surface area contributed by atoms with Gasteiger partial charge in [0.1, 0.15) is 0 Å². The molecule has 0 aromatic carbocycles. The van der Waals surface area contributed by atoms with E-state index < -0.39 is 0 Å². The number of hydrogen-bond donors (Lipinski definition) is 1. The van der Waals surface area contributed by atoms with E-state index in [1.165, 1.54) is 21.3 Å². The Hall–Kier alpha value is -0.160. The van der Waals surface area contributed by atoms with Gasteiger partial charge in [0, 0.05) is 6.04 Å². The zero-order valence-electron chi connectivity index (χ0n) is 9.78. The predicted molar refractivity (Wildman–Crippen MR) is 81.1 cm³/mol. The molecule has 2 heterocycles. The Morgan fingerprint density at radius 2 is 2.29 bits per heavy atom. The molecule has 1 atom stereocenters. The SMILES string of the molecule is CCCNC(Cc1ccsc1)c1csc(Br)c1. The van der Waals surface area contributed by atoms with E-state index in [2.05, 4.69) is 56.4 Å². The third kappa shape index (κ3) is 3.91. The van der Waals surface area contributed by atoms with E-state index in [0.717, 1.165) is 13.0 Å². The Balaban J connectivity index is 2.07. The molecule has 0 saturated heterocycles. The first-order valence-electron chi connectivity index (χ1n) is 5.78. The summed E-state index contributed by atoms with van der Waals surface area (Å²) in [7, 11) is 0. The summed E-state index contributed by atoms with van der Waals surface area (Å²) in [4.78, 5) is 0. The second-order valence-corrected chi connectivity index (χ2v) is 7.10. The fourth-order valence-corrected chi connectivity index (χ4v) is 3.69. The third-order valence-electron chi connectivity index (χ3n) is 2.65. The topological polar surface area (TPSA) is 12.0 Å². The van der Waals surface area contributed by atoms with Crippen molar-refractivity contribution in [1.29, 1.82) is 0 Å². The van der Waals surface area contributed by atoms with Crippen molar-refractivity contribution in [3.8, 4) is 0 Å². The number of halogens is 1. The number of hydrogen-bond acceptors (Lipinski definition) is 3. The molecule has 1 unspecified atom stereocenters. The van der Waals surface area contributed by atoms with Crippen molar-refractivity contribution >= 4 is 38.6 Å². The standard InChI is InChI=1S/C13H16BrNS2/c1-2-4-15-12(6-10-3-5-16-8-10)11-7-13(14)17-9-11/h3,5,7-9,12,15H,2,4,6H2,1H3. The summed E-state index contributed by atoms with van der Waals surface area (Å²) >= 11 is 7.07. The highest BCUT2D eigenvalue weighted by Crippen LogP contribution is 2.27. The molecule has 92 valence electrons. The Morgan fingerprint density at radius 1 is 1.41 bits per heavy atom. The summed E-state index contributed by atoms with van der Waals surface area (Å²) < 4.78 is 1.21. The normalized spacial score (nSPS) is 12.8. The summed E-state index contributed by atoms with van der Waals surface area (Å²) in [5.41, 5.74) is 2.81. The molecule has 4 heteroatoms. The smallest absolute Gasteiger partial charge is 0.0701 e. The van der Waals surface area contributed by atoms with Crippen LogP contribution in [0.1, 0.15) is 30.5 Å². The van der Waals surface area contributed by atoms with Crippen LogP contribution in [0.3, 0.4) is 0 Å². The van der Waals surface area contributed by atoms with Crippen LogP contribution in [0.2, 0.25) is 0 Å². The molecule has 0 radical (unpaired) electrons. The Bertz CT molecular complexity index is 436. The molecule has 2 aromatic rings. The molecule has 0 spiro atoms. The van der Waals surface area contributed by atoms with Crippen molar-refractivity contribution in [1.82, 2.24) is 5.32 Å². The molecule has 0 aliphatic heterocycles. The van der Waals surface area contributed by atoms with Crippen molar-refractivity contribution in [2.75, 3.05) is 6.54 Å². The molecule has 0 fully saturated rings. The van der Waals surface area contributed by atoms with Gasteiger partial charge in [-0.05, 0) is 74.7 Å². The molecule has 2 aromatic heterocycles. The summed E-state index contributed by atoms with van der Waals surface area (Å²) in [5, 5.41) is 10.3. The van der Waals surface area contributed by atoms with Crippen molar-refractivity contribution in [3.05, 3.63) is 43.2 Å². The minimum Gasteiger partial charge on any atom is -0.310 e. The largest absolute Gasteiger partial charge is 0.310 e. The van der Waals surface area contributed by atoms with Crippen LogP contribution in [0.5, 0.6) is 0 Å². The van der Waals surface area contributed by atoms with Gasteiger partial charge in [-0.15, -0.1) is 11.3 Å². The molecular weight excluding hydrogens is 314 g/mol. The average Bonchev–Trinajstić information content (AvgIpc) is 2.95. The van der Waals surface area contributed by atoms with Crippen LogP contribution < -0.4 is 5.32 Å². The van der Waals surface area contributed by atoms with E-state index >= 15 is 0 Å². The number of nitrogens with one attached hydrogen (secondary N) is 1. The first-order valence-corrected chi connectivity index (χ1v) is 8.39. The lowest BCUT2D eigenvalue weighted by atomic mass is 10.0. The van der Waals surface area contributed by atoms with Crippen LogP contribution in [0.25, 0.3) is 0 Å². The van der Waals surface area contributed by atoms with Gasteiger partial charge in [0.2, 0.25) is 0 Å². The van der Waals surface area contributed by atoms with Crippen LogP contribution in [0, 0.1) is 0 Å². The zero-order chi connectivity index (χ0) is 12.1. The van der Waals surface area contributed by atoms with Crippen LogP contribution in [0.4, 0.5) is 0 Å². The second kappa shape index (κ2) is 6.69. The Kier molecular flexibility index (Phi) is 5.22. The number of thiophene rings is 2. The third-order valence-corrected chi connectivity index (χ3v) is 4.91. The summed E-state index contributed by atoms with van der Waals surface area (Å²) in [6, 6.07) is 4.88. The zero-order valence-corrected chi connectivity index (χ0v) is 13.0. The predicted octanol–water partition coefficient (Wildman–Crippen LogP) is 4.86. The quantitative estimate of drug-likeness (QED) is 0.798. The highest BCUT2D eigenvalue weighted by Gasteiger charge is 2.13. The first kappa shape index (κ1) is 13.3.